The van der Waals surface area contributed by atoms with Crippen molar-refractivity contribution < 1.29 is 4.92 Å². The van der Waals surface area contributed by atoms with Crippen LogP contribution in [-0.2, 0) is 6.54 Å². The number of rotatable bonds is 5. The molecule has 0 aromatic heterocycles. The van der Waals surface area contributed by atoms with Crippen molar-refractivity contribution in [2.75, 3.05) is 36.4 Å². The molecule has 1 fully saturated rings. The van der Waals surface area contributed by atoms with Gasteiger partial charge in [0.25, 0.3) is 5.69 Å². The van der Waals surface area contributed by atoms with Gasteiger partial charge in [0, 0.05) is 49.5 Å². The number of piperazine rings is 1. The van der Waals surface area contributed by atoms with Crippen LogP contribution in [0.3, 0.4) is 0 Å². The van der Waals surface area contributed by atoms with Crippen LogP contribution in [0.2, 0.25) is 5.02 Å². The Balaban J connectivity index is 0.00000225. The third kappa shape index (κ3) is 4.98. The lowest BCUT2D eigenvalue weighted by molar-refractivity contribution is -0.384. The number of nitro groups is 1. The number of nitro benzene ring substituents is 1. The zero-order valence-corrected chi connectivity index (χ0v) is 15.1. The van der Waals surface area contributed by atoms with E-state index in [9.17, 15) is 10.1 Å². The molecule has 1 aliphatic rings. The molecule has 0 spiro atoms. The van der Waals surface area contributed by atoms with E-state index in [2.05, 4.69) is 15.5 Å². The van der Waals surface area contributed by atoms with E-state index < -0.39 is 0 Å². The molecule has 1 heterocycles. The van der Waals surface area contributed by atoms with Gasteiger partial charge in [0.15, 0.2) is 0 Å². The zero-order chi connectivity index (χ0) is 16.9. The first-order valence-electron chi connectivity index (χ1n) is 7.86. The van der Waals surface area contributed by atoms with E-state index in [0.717, 1.165) is 37.4 Å². The van der Waals surface area contributed by atoms with Gasteiger partial charge in [-0.1, -0.05) is 23.7 Å². The van der Waals surface area contributed by atoms with E-state index >= 15 is 0 Å². The molecule has 0 aliphatic carbocycles. The fourth-order valence-electron chi connectivity index (χ4n) is 2.80. The van der Waals surface area contributed by atoms with Gasteiger partial charge in [-0.05, 0) is 29.8 Å². The average molecular weight is 383 g/mol. The molecule has 0 bridgehead atoms. The van der Waals surface area contributed by atoms with E-state index in [-0.39, 0.29) is 23.0 Å². The molecule has 2 aromatic rings. The third-order valence-corrected chi connectivity index (χ3v) is 4.25. The highest BCUT2D eigenvalue weighted by Gasteiger charge is 2.21. The Morgan fingerprint density at radius 1 is 1.20 bits per heavy atom. The first-order valence-corrected chi connectivity index (χ1v) is 8.24. The minimum absolute atomic E-state index is 0. The van der Waals surface area contributed by atoms with E-state index in [0.29, 0.717) is 17.3 Å². The van der Waals surface area contributed by atoms with Crippen LogP contribution in [0.15, 0.2) is 42.5 Å². The van der Waals surface area contributed by atoms with Crippen LogP contribution in [0.5, 0.6) is 0 Å². The highest BCUT2D eigenvalue weighted by atomic mass is 35.5. The van der Waals surface area contributed by atoms with E-state index in [1.807, 2.05) is 30.3 Å². The van der Waals surface area contributed by atoms with Crippen molar-refractivity contribution in [3.63, 3.8) is 0 Å². The first kappa shape index (κ1) is 19.3. The maximum absolute atomic E-state index is 11.3. The van der Waals surface area contributed by atoms with Crippen molar-refractivity contribution in [3.05, 3.63) is 63.2 Å². The Morgan fingerprint density at radius 3 is 2.64 bits per heavy atom. The largest absolute Gasteiger partial charge is 0.381 e. The smallest absolute Gasteiger partial charge is 0.292 e. The summed E-state index contributed by atoms with van der Waals surface area (Å²) in [5, 5.41) is 18.6. The molecule has 0 unspecified atom stereocenters. The van der Waals surface area contributed by atoms with Gasteiger partial charge in [-0.3, -0.25) is 10.1 Å². The Labute approximate surface area is 157 Å². The minimum atomic E-state index is -0.321. The number of benzene rings is 2. The maximum Gasteiger partial charge on any atom is 0.292 e. The predicted octanol–water partition coefficient (Wildman–Crippen LogP) is 3.69. The van der Waals surface area contributed by atoms with Crippen LogP contribution >= 0.6 is 24.0 Å². The summed E-state index contributed by atoms with van der Waals surface area (Å²) in [6.45, 7) is 3.80. The number of nitrogens with one attached hydrogen (secondary N) is 2. The standard InChI is InChI=1S/C17H19ClN4O2.ClH/c18-14-3-1-2-13(10-14)12-20-15-4-5-16(22(23)24)17(11-15)21-8-6-19-7-9-21;/h1-5,10-11,19-20H,6-9,12H2;1H. The van der Waals surface area contributed by atoms with Gasteiger partial charge in [-0.2, -0.15) is 0 Å². The monoisotopic (exact) mass is 382 g/mol. The fourth-order valence-corrected chi connectivity index (χ4v) is 3.01. The molecular formula is C17H20Cl2N4O2. The number of nitrogens with zero attached hydrogens (tertiary/aromatic N) is 2. The minimum Gasteiger partial charge on any atom is -0.381 e. The van der Waals surface area contributed by atoms with Crippen molar-refractivity contribution in [1.29, 1.82) is 0 Å². The molecule has 1 saturated heterocycles. The zero-order valence-electron chi connectivity index (χ0n) is 13.6. The molecule has 0 amide bonds. The van der Waals surface area contributed by atoms with Crippen LogP contribution in [0.25, 0.3) is 0 Å². The van der Waals surface area contributed by atoms with Gasteiger partial charge in [-0.15, -0.1) is 12.4 Å². The van der Waals surface area contributed by atoms with Gasteiger partial charge in [-0.25, -0.2) is 0 Å². The Kier molecular flexibility index (Phi) is 6.87. The number of halogens is 2. The molecule has 6 nitrogen and oxygen atoms in total. The van der Waals surface area contributed by atoms with Crippen molar-refractivity contribution in [2.24, 2.45) is 0 Å². The first-order chi connectivity index (χ1) is 11.6. The van der Waals surface area contributed by atoms with Gasteiger partial charge in [0.2, 0.25) is 0 Å². The van der Waals surface area contributed by atoms with Crippen molar-refractivity contribution >= 4 is 41.1 Å². The molecular weight excluding hydrogens is 363 g/mol. The number of hydrogen-bond acceptors (Lipinski definition) is 5. The Morgan fingerprint density at radius 2 is 1.96 bits per heavy atom. The molecule has 25 heavy (non-hydrogen) atoms. The lowest BCUT2D eigenvalue weighted by Gasteiger charge is -2.29. The Hall–Kier alpha value is -2.02. The summed E-state index contributed by atoms with van der Waals surface area (Å²) in [6.07, 6.45) is 0. The molecule has 0 radical (unpaired) electrons. The summed E-state index contributed by atoms with van der Waals surface area (Å²) in [5.41, 5.74) is 2.72. The highest BCUT2D eigenvalue weighted by molar-refractivity contribution is 6.30. The van der Waals surface area contributed by atoms with Gasteiger partial charge >= 0.3 is 0 Å². The van der Waals surface area contributed by atoms with Crippen molar-refractivity contribution in [3.8, 4) is 0 Å². The second-order valence-corrected chi connectivity index (χ2v) is 6.12. The molecule has 2 N–H and O–H groups in total. The maximum atomic E-state index is 11.3. The van der Waals surface area contributed by atoms with Gasteiger partial charge < -0.3 is 15.5 Å². The van der Waals surface area contributed by atoms with Crippen LogP contribution in [0, 0.1) is 10.1 Å². The summed E-state index contributed by atoms with van der Waals surface area (Å²) < 4.78 is 0. The fraction of sp³-hybridized carbons (Fsp3) is 0.294. The molecule has 2 aromatic carbocycles. The summed E-state index contributed by atoms with van der Waals surface area (Å²) in [5.74, 6) is 0. The summed E-state index contributed by atoms with van der Waals surface area (Å²) >= 11 is 5.99. The predicted molar refractivity (Wildman–Crippen MR) is 104 cm³/mol. The van der Waals surface area contributed by atoms with Crippen molar-refractivity contribution in [1.82, 2.24) is 5.32 Å². The third-order valence-electron chi connectivity index (χ3n) is 4.02. The molecule has 8 heteroatoms. The SMILES string of the molecule is Cl.O=[N+]([O-])c1ccc(NCc2cccc(Cl)c2)cc1N1CCNCC1. The van der Waals surface area contributed by atoms with Crippen LogP contribution in [0.4, 0.5) is 17.1 Å². The van der Waals surface area contributed by atoms with Crippen LogP contribution in [-0.4, -0.2) is 31.1 Å². The van der Waals surface area contributed by atoms with E-state index in [1.54, 1.807) is 12.1 Å². The molecule has 0 saturated carbocycles. The lowest BCUT2D eigenvalue weighted by Crippen LogP contribution is -2.43. The highest BCUT2D eigenvalue weighted by Crippen LogP contribution is 2.31. The second-order valence-electron chi connectivity index (χ2n) is 5.68. The summed E-state index contributed by atoms with van der Waals surface area (Å²) in [7, 11) is 0. The molecule has 3 rings (SSSR count). The topological polar surface area (TPSA) is 70.4 Å². The molecule has 0 atom stereocenters. The lowest BCUT2D eigenvalue weighted by atomic mass is 10.2. The van der Waals surface area contributed by atoms with E-state index in [4.69, 9.17) is 11.6 Å². The van der Waals surface area contributed by atoms with Crippen molar-refractivity contribution in [2.45, 2.75) is 6.54 Å². The summed E-state index contributed by atoms with van der Waals surface area (Å²) in [6, 6.07) is 12.8. The van der Waals surface area contributed by atoms with E-state index in [1.165, 1.54) is 0 Å². The molecule has 134 valence electrons. The second kappa shape index (κ2) is 8.89. The summed E-state index contributed by atoms with van der Waals surface area (Å²) in [4.78, 5) is 13.1. The van der Waals surface area contributed by atoms with Gasteiger partial charge in [0.05, 0.1) is 4.92 Å². The normalized spacial score (nSPS) is 13.9. The average Bonchev–Trinajstić information content (AvgIpc) is 2.60. The Bertz CT molecular complexity index is 736. The van der Waals surface area contributed by atoms with Crippen LogP contribution in [0.1, 0.15) is 5.56 Å². The van der Waals surface area contributed by atoms with Crippen LogP contribution < -0.4 is 15.5 Å². The van der Waals surface area contributed by atoms with Gasteiger partial charge in [0.1, 0.15) is 5.69 Å². The molecule has 1 aliphatic heterocycles. The number of hydrogen-bond donors (Lipinski definition) is 2. The number of anilines is 2. The quantitative estimate of drug-likeness (QED) is 0.609.